The Bertz CT molecular complexity index is 553. The molecule has 1 aromatic carbocycles. The second kappa shape index (κ2) is 7.02. The van der Waals surface area contributed by atoms with Crippen LogP contribution in [0.1, 0.15) is 26.3 Å². The Kier molecular flexibility index (Phi) is 5.29. The van der Waals surface area contributed by atoms with Crippen molar-refractivity contribution in [3.63, 3.8) is 0 Å². The van der Waals surface area contributed by atoms with Gasteiger partial charge in [0.05, 0.1) is 13.5 Å². The highest BCUT2D eigenvalue weighted by Gasteiger charge is 2.30. The lowest BCUT2D eigenvalue weighted by molar-refractivity contribution is -0.144. The number of benzene rings is 1. The van der Waals surface area contributed by atoms with Crippen LogP contribution >= 0.6 is 0 Å². The van der Waals surface area contributed by atoms with Crippen molar-refractivity contribution in [1.29, 1.82) is 0 Å². The lowest BCUT2D eigenvalue weighted by Crippen LogP contribution is -2.53. The molecule has 5 nitrogen and oxygen atoms in total. The predicted molar refractivity (Wildman–Crippen MR) is 89.3 cm³/mol. The maximum absolute atomic E-state index is 12.4. The molecule has 1 heterocycles. The highest BCUT2D eigenvalue weighted by molar-refractivity contribution is 5.82. The van der Waals surface area contributed by atoms with Gasteiger partial charge in [0.15, 0.2) is 0 Å². The first-order valence-corrected chi connectivity index (χ1v) is 8.01. The van der Waals surface area contributed by atoms with Gasteiger partial charge >= 0.3 is 0 Å². The number of ether oxygens (including phenoxy) is 1. The first-order chi connectivity index (χ1) is 10.8. The zero-order valence-corrected chi connectivity index (χ0v) is 14.5. The number of carbonyl (C=O) groups is 2. The van der Waals surface area contributed by atoms with Gasteiger partial charge in [0.25, 0.3) is 0 Å². The molecule has 2 rings (SSSR count). The van der Waals surface area contributed by atoms with E-state index in [2.05, 4.69) is 0 Å². The van der Waals surface area contributed by atoms with Crippen molar-refractivity contribution in [2.24, 2.45) is 5.41 Å². The highest BCUT2D eigenvalue weighted by atomic mass is 16.5. The summed E-state index contributed by atoms with van der Waals surface area (Å²) < 4.78 is 5.12. The third kappa shape index (κ3) is 4.47. The Morgan fingerprint density at radius 3 is 2.00 bits per heavy atom. The molecule has 1 aromatic rings. The fourth-order valence-electron chi connectivity index (χ4n) is 2.66. The van der Waals surface area contributed by atoms with Crippen molar-refractivity contribution in [3.8, 4) is 5.75 Å². The predicted octanol–water partition coefficient (Wildman–Crippen LogP) is 1.95. The van der Waals surface area contributed by atoms with Gasteiger partial charge in [0.2, 0.25) is 11.8 Å². The standard InChI is InChI=1S/C18H26N2O3/c1-18(2,3)17(22)20-11-9-19(10-12-20)16(21)13-14-5-7-15(23-4)8-6-14/h5-8H,9-13H2,1-4H3. The Morgan fingerprint density at radius 1 is 1.00 bits per heavy atom. The third-order valence-corrected chi connectivity index (χ3v) is 4.08. The first-order valence-electron chi connectivity index (χ1n) is 8.01. The zero-order valence-electron chi connectivity index (χ0n) is 14.5. The fourth-order valence-corrected chi connectivity index (χ4v) is 2.66. The largest absolute Gasteiger partial charge is 0.497 e. The molecule has 0 spiro atoms. The number of hydrogen-bond acceptors (Lipinski definition) is 3. The summed E-state index contributed by atoms with van der Waals surface area (Å²) in [7, 11) is 1.62. The van der Waals surface area contributed by atoms with Crippen molar-refractivity contribution < 1.29 is 14.3 Å². The summed E-state index contributed by atoms with van der Waals surface area (Å²) in [4.78, 5) is 28.3. The molecule has 1 aliphatic rings. The van der Waals surface area contributed by atoms with Crippen LogP contribution in [0.5, 0.6) is 5.75 Å². The second-order valence-corrected chi connectivity index (χ2v) is 6.95. The Hall–Kier alpha value is -2.04. The van der Waals surface area contributed by atoms with Crippen molar-refractivity contribution >= 4 is 11.8 Å². The molecule has 0 unspecified atom stereocenters. The molecule has 5 heteroatoms. The monoisotopic (exact) mass is 318 g/mol. The molecule has 23 heavy (non-hydrogen) atoms. The van der Waals surface area contributed by atoms with Gasteiger partial charge in [-0.05, 0) is 17.7 Å². The molecule has 0 N–H and O–H groups in total. The van der Waals surface area contributed by atoms with Gasteiger partial charge in [-0.15, -0.1) is 0 Å². The average molecular weight is 318 g/mol. The van der Waals surface area contributed by atoms with E-state index in [0.29, 0.717) is 32.6 Å². The third-order valence-electron chi connectivity index (χ3n) is 4.08. The highest BCUT2D eigenvalue weighted by Crippen LogP contribution is 2.19. The molecule has 1 fully saturated rings. The van der Waals surface area contributed by atoms with Crippen molar-refractivity contribution in [2.45, 2.75) is 27.2 Å². The quantitative estimate of drug-likeness (QED) is 0.856. The second-order valence-electron chi connectivity index (χ2n) is 6.95. The molecule has 0 atom stereocenters. The molecular formula is C18H26N2O3. The van der Waals surface area contributed by atoms with Crippen molar-refractivity contribution in [1.82, 2.24) is 9.80 Å². The number of amides is 2. The van der Waals surface area contributed by atoms with E-state index in [-0.39, 0.29) is 17.2 Å². The maximum Gasteiger partial charge on any atom is 0.228 e. The van der Waals surface area contributed by atoms with E-state index >= 15 is 0 Å². The van der Waals surface area contributed by atoms with Crippen LogP contribution in [0, 0.1) is 5.41 Å². The topological polar surface area (TPSA) is 49.9 Å². The summed E-state index contributed by atoms with van der Waals surface area (Å²) >= 11 is 0. The summed E-state index contributed by atoms with van der Waals surface area (Å²) in [5.74, 6) is 1.05. The van der Waals surface area contributed by atoms with Crippen LogP contribution in [-0.2, 0) is 16.0 Å². The van der Waals surface area contributed by atoms with Gasteiger partial charge in [-0.3, -0.25) is 9.59 Å². The minimum atomic E-state index is -0.366. The van der Waals surface area contributed by atoms with Crippen LogP contribution in [0.4, 0.5) is 0 Å². The molecular weight excluding hydrogens is 292 g/mol. The minimum Gasteiger partial charge on any atom is -0.497 e. The normalized spacial score (nSPS) is 15.5. The summed E-state index contributed by atoms with van der Waals surface area (Å²) in [6, 6.07) is 7.55. The van der Waals surface area contributed by atoms with Crippen LogP contribution in [0.2, 0.25) is 0 Å². The first kappa shape index (κ1) is 17.3. The van der Waals surface area contributed by atoms with E-state index in [1.165, 1.54) is 0 Å². The van der Waals surface area contributed by atoms with Gasteiger partial charge in [-0.1, -0.05) is 32.9 Å². The summed E-state index contributed by atoms with van der Waals surface area (Å²) in [5.41, 5.74) is 0.610. The van der Waals surface area contributed by atoms with Gasteiger partial charge in [0.1, 0.15) is 5.75 Å². The Labute approximate surface area is 138 Å². The maximum atomic E-state index is 12.4. The molecule has 0 saturated carbocycles. The number of carbonyl (C=O) groups excluding carboxylic acids is 2. The molecule has 0 aromatic heterocycles. The molecule has 0 aliphatic carbocycles. The fraction of sp³-hybridized carbons (Fsp3) is 0.556. The minimum absolute atomic E-state index is 0.109. The van der Waals surface area contributed by atoms with Crippen molar-refractivity contribution in [2.75, 3.05) is 33.3 Å². The lowest BCUT2D eigenvalue weighted by atomic mass is 9.94. The van der Waals surface area contributed by atoms with Gasteiger partial charge < -0.3 is 14.5 Å². The Morgan fingerprint density at radius 2 is 1.52 bits per heavy atom. The summed E-state index contributed by atoms with van der Waals surface area (Å²) in [6.07, 6.45) is 0.386. The molecule has 1 saturated heterocycles. The number of methoxy groups -OCH3 is 1. The average Bonchev–Trinajstić information content (AvgIpc) is 2.54. The van der Waals surface area contributed by atoms with E-state index in [1.54, 1.807) is 7.11 Å². The molecule has 1 aliphatic heterocycles. The van der Waals surface area contributed by atoms with E-state index in [1.807, 2.05) is 54.8 Å². The number of hydrogen-bond donors (Lipinski definition) is 0. The SMILES string of the molecule is COc1ccc(CC(=O)N2CCN(C(=O)C(C)(C)C)CC2)cc1. The zero-order chi connectivity index (χ0) is 17.0. The molecule has 0 radical (unpaired) electrons. The van der Waals surface area contributed by atoms with Gasteiger partial charge in [-0.2, -0.15) is 0 Å². The van der Waals surface area contributed by atoms with Gasteiger partial charge in [0, 0.05) is 31.6 Å². The van der Waals surface area contributed by atoms with Crippen LogP contribution in [0.25, 0.3) is 0 Å². The molecule has 0 bridgehead atoms. The Balaban J connectivity index is 1.87. The van der Waals surface area contributed by atoms with Crippen LogP contribution in [0.3, 0.4) is 0 Å². The summed E-state index contributed by atoms with van der Waals surface area (Å²) in [6.45, 7) is 8.23. The number of rotatable bonds is 3. The van der Waals surface area contributed by atoms with Crippen LogP contribution in [-0.4, -0.2) is 54.9 Å². The van der Waals surface area contributed by atoms with E-state index in [9.17, 15) is 9.59 Å². The van der Waals surface area contributed by atoms with Crippen LogP contribution < -0.4 is 4.74 Å². The molecule has 2 amide bonds. The lowest BCUT2D eigenvalue weighted by Gasteiger charge is -2.37. The molecule has 126 valence electrons. The van der Waals surface area contributed by atoms with E-state index < -0.39 is 0 Å². The number of piperazine rings is 1. The smallest absolute Gasteiger partial charge is 0.228 e. The van der Waals surface area contributed by atoms with Crippen molar-refractivity contribution in [3.05, 3.63) is 29.8 Å². The van der Waals surface area contributed by atoms with E-state index in [4.69, 9.17) is 4.74 Å². The van der Waals surface area contributed by atoms with Gasteiger partial charge in [-0.25, -0.2) is 0 Å². The van der Waals surface area contributed by atoms with Crippen LogP contribution in [0.15, 0.2) is 24.3 Å². The summed E-state index contributed by atoms with van der Waals surface area (Å²) in [5, 5.41) is 0. The van der Waals surface area contributed by atoms with E-state index in [0.717, 1.165) is 11.3 Å². The number of nitrogens with zero attached hydrogens (tertiary/aromatic N) is 2.